The van der Waals surface area contributed by atoms with Gasteiger partial charge in [-0.05, 0) is 32.1 Å². The van der Waals surface area contributed by atoms with Gasteiger partial charge in [0, 0.05) is 12.4 Å². The molecule has 5 heteroatoms. The quantitative estimate of drug-likeness (QED) is 0.171. The zero-order valence-corrected chi connectivity index (χ0v) is 22.3. The summed E-state index contributed by atoms with van der Waals surface area (Å²) in [7, 11) is 0. The number of aliphatic carboxylic acids is 2. The Labute approximate surface area is 221 Å². The first-order valence-corrected chi connectivity index (χ1v) is 11.7. The Hall–Kier alpha value is 0.316. The molecular weight excluding hydrogens is 391 g/mol. The minimum Gasteiger partial charge on any atom is -0.550 e. The third kappa shape index (κ3) is 24.5. The number of carbonyl (C=O) groups excluding carboxylic acids is 1. The van der Waals surface area contributed by atoms with E-state index in [4.69, 9.17) is 5.11 Å². The summed E-state index contributed by atoms with van der Waals surface area (Å²) in [5, 5.41) is 19.5. The molecule has 0 aromatic carbocycles. The van der Waals surface area contributed by atoms with Crippen molar-refractivity contribution in [3.8, 4) is 0 Å². The van der Waals surface area contributed by atoms with E-state index in [1.165, 1.54) is 70.6 Å². The maximum atomic E-state index is 10.9. The summed E-state index contributed by atoms with van der Waals surface area (Å²) in [6, 6.07) is 0. The van der Waals surface area contributed by atoms with E-state index in [0.717, 1.165) is 32.1 Å². The van der Waals surface area contributed by atoms with Crippen LogP contribution in [0.4, 0.5) is 0 Å². The Bertz CT molecular complexity index is 410. The zero-order chi connectivity index (χ0) is 20.9. The first kappa shape index (κ1) is 31.5. The van der Waals surface area contributed by atoms with Gasteiger partial charge in [-0.2, -0.15) is 0 Å². The number of unbranched alkanes of at least 4 members (excludes halogenated alkanes) is 14. The molecule has 0 heterocycles. The number of carbonyl (C=O) groups is 2. The van der Waals surface area contributed by atoms with Crippen molar-refractivity contribution in [2.75, 3.05) is 0 Å². The van der Waals surface area contributed by atoms with Crippen LogP contribution < -0.4 is 56.5 Å². The van der Waals surface area contributed by atoms with Gasteiger partial charge in [-0.15, -0.1) is 0 Å². The summed E-state index contributed by atoms with van der Waals surface area (Å²) in [6.45, 7) is 2.26. The molecule has 0 rings (SSSR count). The first-order chi connectivity index (χ1) is 13.6. The Morgan fingerprint density at radius 1 is 0.759 bits per heavy atom. The van der Waals surface area contributed by atoms with Crippen molar-refractivity contribution in [1.29, 1.82) is 0 Å². The van der Waals surface area contributed by atoms with Gasteiger partial charge in [-0.25, -0.2) is 0 Å². The largest absolute Gasteiger partial charge is 1.00 e. The van der Waals surface area contributed by atoms with Crippen LogP contribution in [-0.2, 0) is 9.59 Å². The van der Waals surface area contributed by atoms with Crippen LogP contribution in [0.1, 0.15) is 122 Å². The smallest absolute Gasteiger partial charge is 0.550 e. The number of carboxylic acids is 2. The van der Waals surface area contributed by atoms with Crippen molar-refractivity contribution in [2.24, 2.45) is 5.92 Å². The molecule has 29 heavy (non-hydrogen) atoms. The van der Waals surface area contributed by atoms with Crippen LogP contribution in [0.15, 0.2) is 12.2 Å². The summed E-state index contributed by atoms with van der Waals surface area (Å²) >= 11 is 0. The SMILES string of the molecule is CCCCCCCCCCC/C=C/CCCCCCCC(CC(=O)[O-])C(=O)O.[K+]. The van der Waals surface area contributed by atoms with Gasteiger partial charge in [-0.3, -0.25) is 4.79 Å². The number of hydrogen-bond donors (Lipinski definition) is 1. The summed E-state index contributed by atoms with van der Waals surface area (Å²) in [5.41, 5.74) is 0. The maximum absolute atomic E-state index is 10.9. The average molecular weight is 435 g/mol. The fourth-order valence-electron chi connectivity index (χ4n) is 3.51. The molecule has 0 aromatic rings. The minimum atomic E-state index is -1.28. The van der Waals surface area contributed by atoms with Crippen molar-refractivity contribution in [3.63, 3.8) is 0 Å². The predicted molar refractivity (Wildman–Crippen MR) is 114 cm³/mol. The van der Waals surface area contributed by atoms with Crippen molar-refractivity contribution < 1.29 is 71.2 Å². The van der Waals surface area contributed by atoms with Crippen LogP contribution in [0.2, 0.25) is 0 Å². The van der Waals surface area contributed by atoms with Crippen LogP contribution in [0.3, 0.4) is 0 Å². The Kier molecular flexibility index (Phi) is 26.7. The summed E-state index contributed by atoms with van der Waals surface area (Å²) in [6.07, 6.45) is 24.5. The molecule has 0 amide bonds. The second-order valence-electron chi connectivity index (χ2n) is 8.04. The van der Waals surface area contributed by atoms with E-state index in [0.29, 0.717) is 6.42 Å². The van der Waals surface area contributed by atoms with Crippen LogP contribution in [0.5, 0.6) is 0 Å². The van der Waals surface area contributed by atoms with Gasteiger partial charge in [-0.1, -0.05) is 96.1 Å². The minimum absolute atomic E-state index is 0. The monoisotopic (exact) mass is 434 g/mol. The number of rotatable bonds is 21. The molecule has 0 aliphatic heterocycles. The number of allylic oxidation sites excluding steroid dienone is 2. The molecule has 0 fully saturated rings. The third-order valence-electron chi connectivity index (χ3n) is 5.33. The molecule has 1 unspecified atom stereocenters. The average Bonchev–Trinajstić information content (AvgIpc) is 2.65. The molecule has 0 bridgehead atoms. The number of hydrogen-bond acceptors (Lipinski definition) is 3. The number of carboxylic acid groups (broad SMARTS) is 2. The normalized spacial score (nSPS) is 12.0. The van der Waals surface area contributed by atoms with Gasteiger partial charge in [0.15, 0.2) is 0 Å². The van der Waals surface area contributed by atoms with E-state index in [1.54, 1.807) is 0 Å². The van der Waals surface area contributed by atoms with Crippen molar-refractivity contribution in [3.05, 3.63) is 12.2 Å². The molecule has 0 aromatic heterocycles. The molecule has 0 radical (unpaired) electrons. The van der Waals surface area contributed by atoms with Gasteiger partial charge in [0.1, 0.15) is 0 Å². The molecule has 0 saturated heterocycles. The van der Waals surface area contributed by atoms with E-state index in [2.05, 4.69) is 19.1 Å². The van der Waals surface area contributed by atoms with E-state index >= 15 is 0 Å². The molecule has 0 spiro atoms. The van der Waals surface area contributed by atoms with E-state index in [-0.39, 0.29) is 57.8 Å². The van der Waals surface area contributed by atoms with Crippen LogP contribution in [0.25, 0.3) is 0 Å². The molecule has 1 N–H and O–H groups in total. The Morgan fingerprint density at radius 3 is 1.59 bits per heavy atom. The van der Waals surface area contributed by atoms with Crippen LogP contribution >= 0.6 is 0 Å². The van der Waals surface area contributed by atoms with E-state index in [1.807, 2.05) is 0 Å². The summed E-state index contributed by atoms with van der Waals surface area (Å²) in [5.74, 6) is -3.10. The Morgan fingerprint density at radius 2 is 1.17 bits per heavy atom. The van der Waals surface area contributed by atoms with E-state index < -0.39 is 17.9 Å². The van der Waals surface area contributed by atoms with Gasteiger partial charge in [0.25, 0.3) is 0 Å². The Balaban J connectivity index is 0. The fraction of sp³-hybridized carbons (Fsp3) is 0.833. The second-order valence-corrected chi connectivity index (χ2v) is 8.04. The second kappa shape index (κ2) is 24.6. The van der Waals surface area contributed by atoms with Crippen LogP contribution in [-0.4, -0.2) is 17.0 Å². The molecule has 0 aliphatic rings. The molecular formula is C24H43KO4. The van der Waals surface area contributed by atoms with Gasteiger partial charge in [0.2, 0.25) is 0 Å². The van der Waals surface area contributed by atoms with Crippen molar-refractivity contribution in [1.82, 2.24) is 0 Å². The van der Waals surface area contributed by atoms with Gasteiger partial charge in [0.05, 0.1) is 5.92 Å². The van der Waals surface area contributed by atoms with Gasteiger partial charge < -0.3 is 15.0 Å². The summed E-state index contributed by atoms with van der Waals surface area (Å²) in [4.78, 5) is 21.5. The van der Waals surface area contributed by atoms with E-state index in [9.17, 15) is 14.7 Å². The van der Waals surface area contributed by atoms with Gasteiger partial charge >= 0.3 is 57.4 Å². The maximum Gasteiger partial charge on any atom is 1.00 e. The van der Waals surface area contributed by atoms with Crippen molar-refractivity contribution >= 4 is 11.9 Å². The van der Waals surface area contributed by atoms with Crippen LogP contribution in [0, 0.1) is 5.92 Å². The zero-order valence-electron chi connectivity index (χ0n) is 19.1. The topological polar surface area (TPSA) is 77.4 Å². The fourth-order valence-corrected chi connectivity index (χ4v) is 3.51. The molecule has 4 nitrogen and oxygen atoms in total. The molecule has 0 saturated carbocycles. The predicted octanol–water partition coefficient (Wildman–Crippen LogP) is 3.04. The standard InChI is InChI=1S/C24H44O4.K/c1-2-3-4-5-6-7-8-9-10-11-12-13-14-15-16-17-18-19-20-22(24(27)28)21-23(25)26;/h12-13,22H,2-11,14-21H2,1H3,(H,25,26)(H,27,28);/q;+1/p-1/b13-12+;. The van der Waals surface area contributed by atoms with Crippen molar-refractivity contribution in [2.45, 2.75) is 122 Å². The summed E-state index contributed by atoms with van der Waals surface area (Å²) < 4.78 is 0. The molecule has 0 aliphatic carbocycles. The third-order valence-corrected chi connectivity index (χ3v) is 5.33. The first-order valence-electron chi connectivity index (χ1n) is 11.7. The molecule has 1 atom stereocenters. The molecule has 164 valence electrons.